The van der Waals surface area contributed by atoms with Crippen molar-refractivity contribution in [2.45, 2.75) is 45.6 Å². The largest absolute Gasteiger partial charge is 0.401 e. The van der Waals surface area contributed by atoms with Crippen molar-refractivity contribution >= 4 is 22.4 Å². The van der Waals surface area contributed by atoms with E-state index in [2.05, 4.69) is 39.4 Å². The third-order valence-corrected chi connectivity index (χ3v) is 6.24. The molecule has 0 unspecified atom stereocenters. The number of nitrogens with zero attached hydrogens (tertiary/aromatic N) is 7. The average molecular weight is 457 g/mol. The monoisotopic (exact) mass is 456 g/mol. The van der Waals surface area contributed by atoms with E-state index in [0.29, 0.717) is 34.3 Å². The Bertz CT molecular complexity index is 1290. The van der Waals surface area contributed by atoms with Gasteiger partial charge in [-0.25, -0.2) is 15.8 Å². The Morgan fingerprint density at radius 1 is 1.21 bits per heavy atom. The Hall–Kier alpha value is -4.15. The first-order valence-corrected chi connectivity index (χ1v) is 11.3. The molecule has 10 heteroatoms. The number of hydrogen-bond donors (Lipinski definition) is 3. The lowest BCUT2D eigenvalue weighted by Crippen LogP contribution is -2.30. The second kappa shape index (κ2) is 9.77. The number of hydrogen-bond acceptors (Lipinski definition) is 9. The SMILES string of the molecule is CC1CCC(/C(N)=C/N(N)c2cnc(-n3ncc4cc(C#N)cnc43)cc2N[C@H](C)C#N)CC1. The standard InChI is InChI=1S/C24H28N10/c1-15-3-5-18(6-4-15)20(27)14-33(28)22-13-29-23(8-21(22)32-16(2)9-25)34-24-19(12-31-34)7-17(10-26)11-30-24/h7-8,11-16,18H,3-6,27-28H2,1-2H3,(H,29,32)/b20-14-/t15?,16-,18?/m1/s1. The molecule has 0 bridgehead atoms. The zero-order valence-corrected chi connectivity index (χ0v) is 19.3. The van der Waals surface area contributed by atoms with Gasteiger partial charge in [0, 0.05) is 29.5 Å². The molecule has 34 heavy (non-hydrogen) atoms. The zero-order chi connectivity index (χ0) is 24.2. The molecule has 3 aromatic heterocycles. The van der Waals surface area contributed by atoms with Crippen molar-refractivity contribution in [1.29, 1.82) is 10.5 Å². The van der Waals surface area contributed by atoms with Crippen LogP contribution in [0.5, 0.6) is 0 Å². The summed E-state index contributed by atoms with van der Waals surface area (Å²) in [6.45, 7) is 4.03. The van der Waals surface area contributed by atoms with E-state index in [0.717, 1.165) is 42.7 Å². The lowest BCUT2D eigenvalue weighted by atomic mass is 9.81. The fraction of sp³-hybridized carbons (Fsp3) is 0.375. The number of nitriles is 2. The molecule has 0 saturated heterocycles. The Kier molecular flexibility index (Phi) is 6.62. The summed E-state index contributed by atoms with van der Waals surface area (Å²) in [5, 5.41) is 28.2. The fourth-order valence-corrected chi connectivity index (χ4v) is 4.22. The third kappa shape index (κ3) is 4.77. The van der Waals surface area contributed by atoms with Gasteiger partial charge < -0.3 is 11.1 Å². The van der Waals surface area contributed by atoms with Gasteiger partial charge in [0.1, 0.15) is 12.1 Å². The van der Waals surface area contributed by atoms with Gasteiger partial charge in [0.15, 0.2) is 11.5 Å². The summed E-state index contributed by atoms with van der Waals surface area (Å²) in [7, 11) is 0. The second-order valence-electron chi connectivity index (χ2n) is 8.85. The van der Waals surface area contributed by atoms with Crippen LogP contribution >= 0.6 is 0 Å². The van der Waals surface area contributed by atoms with Gasteiger partial charge in [-0.3, -0.25) is 5.01 Å². The van der Waals surface area contributed by atoms with Crippen molar-refractivity contribution in [2.75, 3.05) is 10.3 Å². The second-order valence-corrected chi connectivity index (χ2v) is 8.85. The minimum atomic E-state index is -0.464. The van der Waals surface area contributed by atoms with Crippen molar-refractivity contribution in [3.05, 3.63) is 48.2 Å². The van der Waals surface area contributed by atoms with Gasteiger partial charge in [-0.05, 0) is 37.7 Å². The molecule has 3 heterocycles. The third-order valence-electron chi connectivity index (χ3n) is 6.24. The van der Waals surface area contributed by atoms with Crippen LogP contribution in [0, 0.1) is 34.5 Å². The van der Waals surface area contributed by atoms with E-state index >= 15 is 0 Å². The highest BCUT2D eigenvalue weighted by molar-refractivity contribution is 5.78. The van der Waals surface area contributed by atoms with Crippen LogP contribution in [0.3, 0.4) is 0 Å². The topological polar surface area (TPSA) is 158 Å². The summed E-state index contributed by atoms with van der Waals surface area (Å²) in [5.74, 6) is 7.93. The first kappa shape index (κ1) is 23.0. The Balaban J connectivity index is 1.68. The molecule has 1 aliphatic carbocycles. The smallest absolute Gasteiger partial charge is 0.164 e. The van der Waals surface area contributed by atoms with Crippen LogP contribution in [0.4, 0.5) is 11.4 Å². The minimum Gasteiger partial charge on any atom is -0.401 e. The normalized spacial score (nSPS) is 19.3. The first-order valence-electron chi connectivity index (χ1n) is 11.3. The summed E-state index contributed by atoms with van der Waals surface area (Å²) >= 11 is 0. The van der Waals surface area contributed by atoms with Gasteiger partial charge in [0.25, 0.3) is 0 Å². The molecule has 4 rings (SSSR count). The number of aromatic nitrogens is 4. The number of anilines is 2. The highest BCUT2D eigenvalue weighted by Gasteiger charge is 2.21. The van der Waals surface area contributed by atoms with Gasteiger partial charge in [0.2, 0.25) is 0 Å². The van der Waals surface area contributed by atoms with Crippen LogP contribution in [0.2, 0.25) is 0 Å². The summed E-state index contributed by atoms with van der Waals surface area (Å²) in [6.07, 6.45) is 10.9. The minimum absolute atomic E-state index is 0.309. The van der Waals surface area contributed by atoms with Crippen LogP contribution in [0.25, 0.3) is 16.9 Å². The van der Waals surface area contributed by atoms with Crippen molar-refractivity contribution in [1.82, 2.24) is 19.7 Å². The predicted molar refractivity (Wildman–Crippen MR) is 130 cm³/mol. The first-order chi connectivity index (χ1) is 16.4. The molecular weight excluding hydrogens is 428 g/mol. The Labute approximate surface area is 198 Å². The van der Waals surface area contributed by atoms with E-state index in [1.165, 1.54) is 11.2 Å². The molecule has 0 aromatic carbocycles. The lowest BCUT2D eigenvalue weighted by Gasteiger charge is -2.28. The number of pyridine rings is 2. The van der Waals surface area contributed by atoms with E-state index in [1.54, 1.807) is 42.3 Å². The van der Waals surface area contributed by atoms with Crippen LogP contribution in [0.15, 0.2) is 42.6 Å². The van der Waals surface area contributed by atoms with Crippen LogP contribution in [0.1, 0.15) is 45.1 Å². The quantitative estimate of drug-likeness (QED) is 0.373. The van der Waals surface area contributed by atoms with Gasteiger partial charge >= 0.3 is 0 Å². The highest BCUT2D eigenvalue weighted by Crippen LogP contribution is 2.32. The summed E-state index contributed by atoms with van der Waals surface area (Å²) < 4.78 is 1.58. The highest BCUT2D eigenvalue weighted by atomic mass is 15.4. The van der Waals surface area contributed by atoms with Crippen LogP contribution < -0.4 is 21.9 Å². The number of fused-ring (bicyclic) bond motifs is 1. The molecule has 1 aliphatic rings. The van der Waals surface area contributed by atoms with Gasteiger partial charge in [-0.15, -0.1) is 0 Å². The molecule has 5 N–H and O–H groups in total. The number of nitrogens with one attached hydrogen (secondary N) is 1. The summed E-state index contributed by atoms with van der Waals surface area (Å²) in [6, 6.07) is 7.27. The van der Waals surface area contributed by atoms with E-state index in [1.807, 2.05) is 0 Å². The Morgan fingerprint density at radius 2 is 1.97 bits per heavy atom. The maximum atomic E-state index is 9.35. The molecular formula is C24H28N10. The van der Waals surface area contributed by atoms with Crippen molar-refractivity contribution < 1.29 is 0 Å². The molecule has 0 radical (unpaired) electrons. The number of nitrogens with two attached hydrogens (primary N) is 2. The van der Waals surface area contributed by atoms with Gasteiger partial charge in [0.05, 0.1) is 35.4 Å². The molecule has 1 atom stereocenters. The summed E-state index contributed by atoms with van der Waals surface area (Å²) in [5.41, 5.74) is 9.36. The number of rotatable bonds is 6. The van der Waals surface area contributed by atoms with Crippen LogP contribution in [-0.2, 0) is 0 Å². The lowest BCUT2D eigenvalue weighted by molar-refractivity contribution is 0.318. The molecule has 1 saturated carbocycles. The number of allylic oxidation sites excluding steroid dienone is 1. The summed E-state index contributed by atoms with van der Waals surface area (Å²) in [4.78, 5) is 8.89. The Morgan fingerprint density at radius 3 is 2.68 bits per heavy atom. The molecule has 174 valence electrons. The van der Waals surface area contributed by atoms with Crippen molar-refractivity contribution in [3.63, 3.8) is 0 Å². The molecule has 0 amide bonds. The van der Waals surface area contributed by atoms with E-state index < -0.39 is 6.04 Å². The van der Waals surface area contributed by atoms with Crippen molar-refractivity contribution in [2.24, 2.45) is 23.4 Å². The molecule has 0 spiro atoms. The van der Waals surface area contributed by atoms with Gasteiger partial charge in [-0.1, -0.05) is 19.8 Å². The fourth-order valence-electron chi connectivity index (χ4n) is 4.22. The maximum absolute atomic E-state index is 9.35. The molecule has 1 fully saturated rings. The predicted octanol–water partition coefficient (Wildman–Crippen LogP) is 3.32. The number of hydrazine groups is 1. The van der Waals surface area contributed by atoms with E-state index in [9.17, 15) is 5.26 Å². The van der Waals surface area contributed by atoms with E-state index in [4.69, 9.17) is 16.8 Å². The van der Waals surface area contributed by atoms with Crippen molar-refractivity contribution in [3.8, 4) is 18.0 Å². The molecule has 3 aromatic rings. The maximum Gasteiger partial charge on any atom is 0.164 e. The average Bonchev–Trinajstić information content (AvgIpc) is 3.27. The van der Waals surface area contributed by atoms with Gasteiger partial charge in [-0.2, -0.15) is 20.3 Å². The van der Waals surface area contributed by atoms with Crippen LogP contribution in [-0.4, -0.2) is 25.8 Å². The molecule has 0 aliphatic heterocycles. The molecule has 10 nitrogen and oxygen atoms in total. The van der Waals surface area contributed by atoms with E-state index in [-0.39, 0.29) is 0 Å². The zero-order valence-electron chi connectivity index (χ0n) is 19.3.